The van der Waals surface area contributed by atoms with Crippen LogP contribution in [-0.2, 0) is 25.5 Å². The molecule has 0 spiro atoms. The van der Waals surface area contributed by atoms with E-state index in [9.17, 15) is 24.6 Å². The standard InChI is InChI=1S/C24H27Cl2NO7/c1-34-13-21(29)27-19(23(32)24(33)20(28)3-2-4-22(30)31)9-14-5-7-15(8-6-14)16-10-17(25)12-18(26)11-16/h5-8,10-12,19-20,24,28,33H,2-4,9,13H2,1H3,(H,27,29)(H,30,31)/t19-,20?,24-/m0/s1. The average Bonchev–Trinajstić information content (AvgIpc) is 2.77. The molecule has 0 heterocycles. The highest BCUT2D eigenvalue weighted by Crippen LogP contribution is 2.27. The smallest absolute Gasteiger partial charge is 0.303 e. The number of carbonyl (C=O) groups is 3. The van der Waals surface area contributed by atoms with Crippen LogP contribution in [0.3, 0.4) is 0 Å². The first kappa shape index (κ1) is 27.8. The van der Waals surface area contributed by atoms with Crippen LogP contribution in [0.1, 0.15) is 24.8 Å². The molecule has 184 valence electrons. The zero-order chi connectivity index (χ0) is 25.3. The molecule has 0 aliphatic rings. The van der Waals surface area contributed by atoms with Gasteiger partial charge in [0.25, 0.3) is 0 Å². The highest BCUT2D eigenvalue weighted by Gasteiger charge is 2.31. The molecule has 0 fully saturated rings. The maximum absolute atomic E-state index is 12.9. The number of carboxylic acids is 1. The highest BCUT2D eigenvalue weighted by molar-refractivity contribution is 6.35. The maximum Gasteiger partial charge on any atom is 0.303 e. The van der Waals surface area contributed by atoms with Gasteiger partial charge < -0.3 is 25.4 Å². The van der Waals surface area contributed by atoms with Gasteiger partial charge in [-0.1, -0.05) is 47.5 Å². The Hall–Kier alpha value is -2.49. The molecule has 2 rings (SSSR count). The second kappa shape index (κ2) is 13.4. The van der Waals surface area contributed by atoms with E-state index in [0.717, 1.165) is 11.1 Å². The minimum absolute atomic E-state index is 0.0593. The number of amides is 1. The van der Waals surface area contributed by atoms with E-state index in [2.05, 4.69) is 5.32 Å². The van der Waals surface area contributed by atoms with Gasteiger partial charge in [0.1, 0.15) is 12.7 Å². The number of rotatable bonds is 13. The van der Waals surface area contributed by atoms with Crippen LogP contribution in [0.25, 0.3) is 11.1 Å². The first-order chi connectivity index (χ1) is 16.1. The SMILES string of the molecule is COCC(=O)N[C@@H](Cc1ccc(-c2cc(Cl)cc(Cl)c2)cc1)C(=O)[C@@H](O)C(O)CCCC(=O)O. The fourth-order valence-corrected chi connectivity index (χ4v) is 3.92. The van der Waals surface area contributed by atoms with Crippen molar-refractivity contribution < 1.29 is 34.4 Å². The molecular formula is C24H27Cl2NO7. The zero-order valence-corrected chi connectivity index (χ0v) is 20.1. The summed E-state index contributed by atoms with van der Waals surface area (Å²) in [7, 11) is 1.33. The Kier molecular flexibility index (Phi) is 10.9. The number of methoxy groups -OCH3 is 1. The van der Waals surface area contributed by atoms with Gasteiger partial charge in [-0.05, 0) is 54.2 Å². The molecular weight excluding hydrogens is 485 g/mol. The minimum atomic E-state index is -1.78. The largest absolute Gasteiger partial charge is 0.481 e. The number of benzene rings is 2. The van der Waals surface area contributed by atoms with Gasteiger partial charge in [0, 0.05) is 23.6 Å². The number of ketones is 1. The van der Waals surface area contributed by atoms with Crippen molar-refractivity contribution in [3.05, 3.63) is 58.1 Å². The Bertz CT molecular complexity index is 977. The molecule has 0 bridgehead atoms. The second-order valence-corrected chi connectivity index (χ2v) is 8.69. The molecule has 1 unspecified atom stereocenters. The van der Waals surface area contributed by atoms with Gasteiger partial charge in [0.05, 0.1) is 12.1 Å². The molecule has 2 aromatic carbocycles. The van der Waals surface area contributed by atoms with Gasteiger partial charge >= 0.3 is 5.97 Å². The second-order valence-electron chi connectivity index (χ2n) is 7.81. The zero-order valence-electron chi connectivity index (χ0n) is 18.5. The first-order valence-corrected chi connectivity index (χ1v) is 11.3. The Morgan fingerprint density at radius 2 is 1.62 bits per heavy atom. The Morgan fingerprint density at radius 1 is 1.00 bits per heavy atom. The molecule has 10 heteroatoms. The summed E-state index contributed by atoms with van der Waals surface area (Å²) in [6.07, 6.45) is -3.36. The van der Waals surface area contributed by atoms with Crippen LogP contribution in [0.4, 0.5) is 0 Å². The maximum atomic E-state index is 12.9. The van der Waals surface area contributed by atoms with Gasteiger partial charge in [-0.15, -0.1) is 0 Å². The van der Waals surface area contributed by atoms with Crippen molar-refractivity contribution >= 4 is 40.9 Å². The molecule has 3 atom stereocenters. The lowest BCUT2D eigenvalue weighted by Gasteiger charge is -2.23. The lowest BCUT2D eigenvalue weighted by Crippen LogP contribution is -2.50. The van der Waals surface area contributed by atoms with E-state index in [1.165, 1.54) is 7.11 Å². The van der Waals surface area contributed by atoms with E-state index in [4.69, 9.17) is 33.0 Å². The number of carbonyl (C=O) groups excluding carboxylic acids is 2. The number of ether oxygens (including phenoxy) is 1. The van der Waals surface area contributed by atoms with E-state index in [1.807, 2.05) is 12.1 Å². The molecule has 34 heavy (non-hydrogen) atoms. The van der Waals surface area contributed by atoms with Gasteiger partial charge in [0.15, 0.2) is 5.78 Å². The number of nitrogens with one attached hydrogen (secondary N) is 1. The summed E-state index contributed by atoms with van der Waals surface area (Å²) < 4.78 is 4.79. The fraction of sp³-hybridized carbons (Fsp3) is 0.375. The van der Waals surface area contributed by atoms with Crippen molar-refractivity contribution in [2.75, 3.05) is 13.7 Å². The topological polar surface area (TPSA) is 133 Å². The van der Waals surface area contributed by atoms with E-state index in [-0.39, 0.29) is 32.3 Å². The molecule has 0 aliphatic heterocycles. The van der Waals surface area contributed by atoms with Crippen molar-refractivity contribution in [2.45, 2.75) is 43.9 Å². The Labute approximate surface area is 207 Å². The molecule has 0 saturated heterocycles. The van der Waals surface area contributed by atoms with Crippen LogP contribution >= 0.6 is 23.2 Å². The van der Waals surface area contributed by atoms with Crippen molar-refractivity contribution in [3.8, 4) is 11.1 Å². The Morgan fingerprint density at radius 3 is 2.18 bits per heavy atom. The number of hydrogen-bond acceptors (Lipinski definition) is 6. The number of aliphatic hydroxyl groups excluding tert-OH is 2. The van der Waals surface area contributed by atoms with E-state index in [1.54, 1.807) is 30.3 Å². The predicted octanol–water partition coefficient (Wildman–Crippen LogP) is 2.88. The number of halogens is 2. The number of Topliss-reactive ketones (excluding diaryl/α,β-unsaturated/α-hetero) is 1. The van der Waals surface area contributed by atoms with Gasteiger partial charge in [-0.3, -0.25) is 14.4 Å². The molecule has 1 amide bonds. The molecule has 0 radical (unpaired) electrons. The molecule has 0 aliphatic carbocycles. The highest BCUT2D eigenvalue weighted by atomic mass is 35.5. The molecule has 0 aromatic heterocycles. The van der Waals surface area contributed by atoms with Gasteiger partial charge in [0.2, 0.25) is 5.91 Å². The summed E-state index contributed by atoms with van der Waals surface area (Å²) in [5.74, 6) is -2.38. The number of aliphatic carboxylic acids is 1. The lowest BCUT2D eigenvalue weighted by atomic mass is 9.94. The van der Waals surface area contributed by atoms with Crippen LogP contribution < -0.4 is 5.32 Å². The quantitative estimate of drug-likeness (QED) is 0.324. The van der Waals surface area contributed by atoms with E-state index >= 15 is 0 Å². The van der Waals surface area contributed by atoms with Crippen LogP contribution in [0.15, 0.2) is 42.5 Å². The summed E-state index contributed by atoms with van der Waals surface area (Å²) >= 11 is 12.1. The van der Waals surface area contributed by atoms with Gasteiger partial charge in [-0.2, -0.15) is 0 Å². The third-order valence-corrected chi connectivity index (χ3v) is 5.53. The van der Waals surface area contributed by atoms with Crippen LogP contribution in [-0.4, -0.2) is 64.9 Å². The van der Waals surface area contributed by atoms with Crippen molar-refractivity contribution in [1.82, 2.24) is 5.32 Å². The lowest BCUT2D eigenvalue weighted by molar-refractivity contribution is -0.139. The van der Waals surface area contributed by atoms with Crippen molar-refractivity contribution in [3.63, 3.8) is 0 Å². The van der Waals surface area contributed by atoms with Crippen LogP contribution in [0, 0.1) is 0 Å². The van der Waals surface area contributed by atoms with Crippen LogP contribution in [0.2, 0.25) is 10.0 Å². The fourth-order valence-electron chi connectivity index (χ4n) is 3.40. The normalized spacial score (nSPS) is 13.7. The number of carboxylic acid groups (broad SMARTS) is 1. The summed E-state index contributed by atoms with van der Waals surface area (Å²) in [6, 6.07) is 11.2. The first-order valence-electron chi connectivity index (χ1n) is 10.6. The molecule has 2 aromatic rings. The van der Waals surface area contributed by atoms with E-state index < -0.39 is 35.9 Å². The van der Waals surface area contributed by atoms with Gasteiger partial charge in [-0.25, -0.2) is 0 Å². The number of hydrogen-bond donors (Lipinski definition) is 4. The summed E-state index contributed by atoms with van der Waals surface area (Å²) in [4.78, 5) is 35.6. The molecule has 8 nitrogen and oxygen atoms in total. The predicted molar refractivity (Wildman–Crippen MR) is 128 cm³/mol. The summed E-state index contributed by atoms with van der Waals surface area (Å²) in [6.45, 7) is -0.282. The van der Waals surface area contributed by atoms with E-state index in [0.29, 0.717) is 15.6 Å². The minimum Gasteiger partial charge on any atom is -0.481 e. The van der Waals surface area contributed by atoms with Crippen molar-refractivity contribution in [2.24, 2.45) is 0 Å². The molecule has 4 N–H and O–H groups in total. The monoisotopic (exact) mass is 511 g/mol. The summed E-state index contributed by atoms with van der Waals surface area (Å²) in [5.41, 5.74) is 2.35. The summed E-state index contributed by atoms with van der Waals surface area (Å²) in [5, 5.41) is 32.7. The van der Waals surface area contributed by atoms with Crippen LogP contribution in [0.5, 0.6) is 0 Å². The number of aliphatic hydroxyl groups is 2. The Balaban J connectivity index is 2.15. The third kappa shape index (κ3) is 8.70. The van der Waals surface area contributed by atoms with Crippen molar-refractivity contribution in [1.29, 1.82) is 0 Å². The third-order valence-electron chi connectivity index (χ3n) is 5.09. The average molecular weight is 512 g/mol. The molecule has 0 saturated carbocycles.